The quantitative estimate of drug-likeness (QED) is 0.310. The minimum absolute atomic E-state index is 0. The van der Waals surface area contributed by atoms with Crippen molar-refractivity contribution in [1.82, 2.24) is 0 Å². The van der Waals surface area contributed by atoms with Crippen molar-refractivity contribution < 1.29 is 42.5 Å². The van der Waals surface area contributed by atoms with Crippen molar-refractivity contribution in [3.8, 4) is 0 Å². The second-order valence-corrected chi connectivity index (χ2v) is 4.59. The average Bonchev–Trinajstić information content (AvgIpc) is 1.86. The van der Waals surface area contributed by atoms with Gasteiger partial charge in [0.2, 0.25) is 0 Å². The van der Waals surface area contributed by atoms with E-state index in [0.29, 0.717) is 6.42 Å². The molecule has 68 valence electrons. The molecule has 5 heteroatoms. The van der Waals surface area contributed by atoms with Gasteiger partial charge in [0.1, 0.15) is 0 Å². The van der Waals surface area contributed by atoms with Crippen molar-refractivity contribution in [2.45, 2.75) is 44.8 Å². The van der Waals surface area contributed by atoms with Crippen LogP contribution in [-0.2, 0) is 10.1 Å². The Kier molecular flexibility index (Phi) is 9.39. The summed E-state index contributed by atoms with van der Waals surface area (Å²) in [7, 11) is -4.03. The molecule has 0 fully saturated rings. The Hall–Kier alpha value is 0.910. The van der Waals surface area contributed by atoms with Crippen LogP contribution in [0.5, 0.6) is 0 Å². The van der Waals surface area contributed by atoms with E-state index in [4.69, 9.17) is 0 Å². The molecule has 0 aliphatic heterocycles. The third-order valence-corrected chi connectivity index (χ3v) is 2.93. The molecular weight excluding hydrogens is 187 g/mol. The first-order valence-electron chi connectivity index (χ1n) is 3.93. The van der Waals surface area contributed by atoms with E-state index in [-0.39, 0.29) is 29.6 Å². The molecule has 0 aromatic rings. The van der Waals surface area contributed by atoms with E-state index in [9.17, 15) is 13.0 Å². The molecule has 3 nitrogen and oxygen atoms in total. The molecule has 1 atom stereocenters. The molecule has 1 unspecified atom stereocenters. The molecule has 0 bridgehead atoms. The van der Waals surface area contributed by atoms with Crippen LogP contribution in [0, 0.1) is 0 Å². The molecule has 0 aromatic carbocycles. The first kappa shape index (κ1) is 15.4. The topological polar surface area (TPSA) is 57.2 Å². The maximum Gasteiger partial charge on any atom is 1.00 e. The van der Waals surface area contributed by atoms with Crippen molar-refractivity contribution in [3.63, 3.8) is 0 Å². The van der Waals surface area contributed by atoms with E-state index >= 15 is 0 Å². The molecule has 0 aliphatic rings. The van der Waals surface area contributed by atoms with Gasteiger partial charge in [-0.3, -0.25) is 0 Å². The van der Waals surface area contributed by atoms with Crippen LogP contribution in [-0.4, -0.2) is 18.2 Å². The minimum atomic E-state index is -4.03. The van der Waals surface area contributed by atoms with Gasteiger partial charge in [0.05, 0.1) is 10.1 Å². The molecule has 0 saturated heterocycles. The second-order valence-electron chi connectivity index (χ2n) is 2.80. The number of rotatable bonds is 5. The average molecular weight is 202 g/mol. The van der Waals surface area contributed by atoms with Crippen molar-refractivity contribution in [3.05, 3.63) is 0 Å². The number of hydrogen-bond acceptors (Lipinski definition) is 3. The van der Waals surface area contributed by atoms with Crippen LogP contribution in [0.15, 0.2) is 0 Å². The van der Waals surface area contributed by atoms with Crippen molar-refractivity contribution in [1.29, 1.82) is 0 Å². The van der Waals surface area contributed by atoms with Gasteiger partial charge in [0.15, 0.2) is 0 Å². The van der Waals surface area contributed by atoms with Gasteiger partial charge in [-0.05, 0) is 13.3 Å². The fraction of sp³-hybridized carbons (Fsp3) is 1.00. The molecule has 12 heavy (non-hydrogen) atoms. The van der Waals surface area contributed by atoms with Crippen molar-refractivity contribution in [2.24, 2.45) is 0 Å². The van der Waals surface area contributed by atoms with Gasteiger partial charge in [-0.15, -0.1) is 0 Å². The minimum Gasteiger partial charge on any atom is -0.748 e. The third kappa shape index (κ3) is 7.55. The van der Waals surface area contributed by atoms with Crippen LogP contribution < -0.4 is 29.6 Å². The summed E-state index contributed by atoms with van der Waals surface area (Å²) in [6.07, 6.45) is 3.38. The molecule has 0 radical (unpaired) electrons. The van der Waals surface area contributed by atoms with Crippen LogP contribution in [0.2, 0.25) is 0 Å². The SMILES string of the molecule is CCCCCC(C)S(=O)(=O)[O-].[Na+]. The normalized spacial score (nSPS) is 13.6. The summed E-state index contributed by atoms with van der Waals surface area (Å²) in [5, 5.41) is -0.714. The Labute approximate surface area is 97.0 Å². The van der Waals surface area contributed by atoms with Crippen LogP contribution in [0.1, 0.15) is 39.5 Å². The van der Waals surface area contributed by atoms with E-state index in [2.05, 4.69) is 0 Å². The summed E-state index contributed by atoms with van der Waals surface area (Å²) in [6.45, 7) is 3.51. The molecular formula is C7H15NaO3S. The summed E-state index contributed by atoms with van der Waals surface area (Å²) in [5.74, 6) is 0. The van der Waals surface area contributed by atoms with E-state index < -0.39 is 15.4 Å². The van der Waals surface area contributed by atoms with E-state index in [0.717, 1.165) is 19.3 Å². The van der Waals surface area contributed by atoms with Gasteiger partial charge in [-0.25, -0.2) is 8.42 Å². The molecule has 0 aliphatic carbocycles. The van der Waals surface area contributed by atoms with Crippen molar-refractivity contribution >= 4 is 10.1 Å². The smallest absolute Gasteiger partial charge is 0.748 e. The Morgan fingerprint density at radius 3 is 2.17 bits per heavy atom. The summed E-state index contributed by atoms with van der Waals surface area (Å²) < 4.78 is 31.1. The van der Waals surface area contributed by atoms with Gasteiger partial charge < -0.3 is 4.55 Å². The molecule has 0 N–H and O–H groups in total. The van der Waals surface area contributed by atoms with Crippen LogP contribution in [0.4, 0.5) is 0 Å². The largest absolute Gasteiger partial charge is 1.00 e. The monoisotopic (exact) mass is 202 g/mol. The Morgan fingerprint density at radius 2 is 1.83 bits per heavy atom. The maximum absolute atomic E-state index is 10.4. The summed E-state index contributed by atoms with van der Waals surface area (Å²) in [4.78, 5) is 0. The Bertz CT molecular complexity index is 189. The molecule has 0 rings (SSSR count). The molecule has 0 aromatic heterocycles. The second kappa shape index (κ2) is 7.33. The van der Waals surface area contributed by atoms with Crippen LogP contribution in [0.25, 0.3) is 0 Å². The zero-order chi connectivity index (χ0) is 8.91. The standard InChI is InChI=1S/C7H16O3S.Na/c1-3-4-5-6-7(2)11(8,9)10;/h7H,3-6H2,1-2H3,(H,8,9,10);/q;+1/p-1. The Balaban J connectivity index is 0. The third-order valence-electron chi connectivity index (χ3n) is 1.71. The molecule has 0 amide bonds. The molecule has 0 spiro atoms. The van der Waals surface area contributed by atoms with Gasteiger partial charge in [0.25, 0.3) is 0 Å². The van der Waals surface area contributed by atoms with E-state index in [1.54, 1.807) is 0 Å². The summed E-state index contributed by atoms with van der Waals surface area (Å²) in [5.41, 5.74) is 0. The van der Waals surface area contributed by atoms with E-state index in [1.165, 1.54) is 6.92 Å². The summed E-state index contributed by atoms with van der Waals surface area (Å²) >= 11 is 0. The zero-order valence-electron chi connectivity index (χ0n) is 8.04. The fourth-order valence-corrected chi connectivity index (χ4v) is 1.28. The van der Waals surface area contributed by atoms with Gasteiger partial charge in [0, 0.05) is 5.25 Å². The molecule has 0 heterocycles. The first-order chi connectivity index (χ1) is 4.98. The van der Waals surface area contributed by atoms with E-state index in [1.807, 2.05) is 6.92 Å². The zero-order valence-corrected chi connectivity index (χ0v) is 10.9. The van der Waals surface area contributed by atoms with Crippen molar-refractivity contribution in [2.75, 3.05) is 0 Å². The number of unbranched alkanes of at least 4 members (excludes halogenated alkanes) is 2. The molecule has 0 saturated carbocycles. The Morgan fingerprint density at radius 1 is 1.33 bits per heavy atom. The van der Waals surface area contributed by atoms with Gasteiger partial charge in [-0.2, -0.15) is 0 Å². The van der Waals surface area contributed by atoms with Crippen LogP contribution >= 0.6 is 0 Å². The maximum atomic E-state index is 10.4. The van der Waals surface area contributed by atoms with Gasteiger partial charge in [-0.1, -0.05) is 26.2 Å². The van der Waals surface area contributed by atoms with Crippen LogP contribution in [0.3, 0.4) is 0 Å². The fourth-order valence-electron chi connectivity index (χ4n) is 0.826. The first-order valence-corrected chi connectivity index (χ1v) is 5.40. The predicted molar refractivity (Wildman–Crippen MR) is 43.3 cm³/mol. The summed E-state index contributed by atoms with van der Waals surface area (Å²) in [6, 6.07) is 0. The predicted octanol–water partition coefficient (Wildman–Crippen LogP) is -1.50. The van der Waals surface area contributed by atoms with Gasteiger partial charge >= 0.3 is 29.6 Å². The number of hydrogen-bond donors (Lipinski definition) is 0.